The molecular formula is C18H27Br3N6S. The average molecular weight is 599 g/mol. The zero-order valence-electron chi connectivity index (χ0n) is 15.5. The van der Waals surface area contributed by atoms with E-state index in [-0.39, 0.29) is 50.9 Å². The summed E-state index contributed by atoms with van der Waals surface area (Å²) in [6, 6.07) is 8.76. The van der Waals surface area contributed by atoms with E-state index in [4.69, 9.17) is 10.7 Å². The van der Waals surface area contributed by atoms with Gasteiger partial charge in [0, 0.05) is 37.6 Å². The summed E-state index contributed by atoms with van der Waals surface area (Å²) in [5, 5.41) is 5.78. The minimum absolute atomic E-state index is 0. The van der Waals surface area contributed by atoms with Crippen molar-refractivity contribution in [3.63, 3.8) is 0 Å². The van der Waals surface area contributed by atoms with E-state index in [1.54, 1.807) is 11.3 Å². The van der Waals surface area contributed by atoms with Gasteiger partial charge in [0.1, 0.15) is 0 Å². The monoisotopic (exact) mass is 596 g/mol. The fourth-order valence-electron chi connectivity index (χ4n) is 3.49. The van der Waals surface area contributed by atoms with Crippen LogP contribution in [0, 0.1) is 0 Å². The van der Waals surface area contributed by atoms with Gasteiger partial charge in [-0.25, -0.2) is 9.97 Å². The number of nitrogens with one attached hydrogen (secondary N) is 1. The molecule has 28 heavy (non-hydrogen) atoms. The highest BCUT2D eigenvalue weighted by molar-refractivity contribution is 8.93. The summed E-state index contributed by atoms with van der Waals surface area (Å²) in [4.78, 5) is 11.7. The van der Waals surface area contributed by atoms with Crippen molar-refractivity contribution in [2.75, 3.05) is 31.5 Å². The largest absolute Gasteiger partial charge is 0.353 e. The van der Waals surface area contributed by atoms with Crippen LogP contribution in [0.2, 0.25) is 0 Å². The molecule has 1 aliphatic heterocycles. The molecule has 4 rings (SSSR count). The molecule has 6 nitrogen and oxygen atoms in total. The highest BCUT2D eigenvalue weighted by Crippen LogP contribution is 2.23. The second kappa shape index (κ2) is 12.2. The van der Waals surface area contributed by atoms with Crippen molar-refractivity contribution in [2.24, 2.45) is 5.73 Å². The third-order valence-electron chi connectivity index (χ3n) is 4.82. The number of anilines is 1. The number of halogens is 3. The van der Waals surface area contributed by atoms with Crippen molar-refractivity contribution in [2.45, 2.75) is 25.4 Å². The van der Waals surface area contributed by atoms with Crippen molar-refractivity contribution < 1.29 is 0 Å². The van der Waals surface area contributed by atoms with Crippen LogP contribution in [0.4, 0.5) is 5.95 Å². The van der Waals surface area contributed by atoms with Crippen LogP contribution in [0.3, 0.4) is 0 Å². The summed E-state index contributed by atoms with van der Waals surface area (Å²) >= 11 is 1.63. The molecule has 0 bridgehead atoms. The molecule has 3 N–H and O–H groups in total. The van der Waals surface area contributed by atoms with Crippen LogP contribution in [0.5, 0.6) is 0 Å². The Balaban J connectivity index is 0.00000131. The predicted molar refractivity (Wildman–Crippen MR) is 134 cm³/mol. The second-order valence-electron chi connectivity index (χ2n) is 6.54. The maximum absolute atomic E-state index is 5.67. The smallest absolute Gasteiger partial charge is 0.204 e. The van der Waals surface area contributed by atoms with Crippen molar-refractivity contribution in [1.82, 2.24) is 19.4 Å². The molecular weight excluding hydrogens is 572 g/mol. The standard InChI is InChI=1S/C18H24N6S.3BrH/c19-7-10-23-8-5-14(6-9-23)21-18-22-16-3-1-2-4-17(16)24(18)11-15-12-25-13-20-15;;;/h1-4,12-14H,5-11,19H2,(H,21,22);3*1H. The first-order valence-corrected chi connectivity index (χ1v) is 9.79. The zero-order chi connectivity index (χ0) is 17.1. The Hall–Kier alpha value is -0.520. The molecule has 10 heteroatoms. The highest BCUT2D eigenvalue weighted by Gasteiger charge is 2.21. The zero-order valence-corrected chi connectivity index (χ0v) is 21.4. The Morgan fingerprint density at radius 1 is 1.14 bits per heavy atom. The Bertz CT molecular complexity index is 818. The van der Waals surface area contributed by atoms with E-state index in [1.165, 1.54) is 0 Å². The molecule has 2 aromatic heterocycles. The number of hydrogen-bond donors (Lipinski definition) is 2. The van der Waals surface area contributed by atoms with Crippen molar-refractivity contribution in [3.8, 4) is 0 Å². The van der Waals surface area contributed by atoms with E-state index in [9.17, 15) is 0 Å². The Morgan fingerprint density at radius 2 is 1.89 bits per heavy atom. The summed E-state index contributed by atoms with van der Waals surface area (Å²) < 4.78 is 2.25. The minimum Gasteiger partial charge on any atom is -0.353 e. The van der Waals surface area contributed by atoms with Crippen LogP contribution in [-0.4, -0.2) is 51.7 Å². The van der Waals surface area contributed by atoms with E-state index in [1.807, 2.05) is 11.6 Å². The lowest BCUT2D eigenvalue weighted by Crippen LogP contribution is -2.41. The highest BCUT2D eigenvalue weighted by atomic mass is 79.9. The van der Waals surface area contributed by atoms with Gasteiger partial charge in [0.05, 0.1) is 28.8 Å². The van der Waals surface area contributed by atoms with Gasteiger partial charge in [0.15, 0.2) is 0 Å². The molecule has 1 saturated heterocycles. The summed E-state index contributed by atoms with van der Waals surface area (Å²) in [6.45, 7) is 4.68. The van der Waals surface area contributed by atoms with E-state index < -0.39 is 0 Å². The van der Waals surface area contributed by atoms with E-state index in [2.05, 4.69) is 43.3 Å². The van der Waals surface area contributed by atoms with Gasteiger partial charge in [-0.2, -0.15) is 0 Å². The fraction of sp³-hybridized carbons (Fsp3) is 0.444. The third-order valence-corrected chi connectivity index (χ3v) is 5.46. The first-order valence-electron chi connectivity index (χ1n) is 8.85. The van der Waals surface area contributed by atoms with Crippen LogP contribution in [0.1, 0.15) is 18.5 Å². The predicted octanol–water partition coefficient (Wildman–Crippen LogP) is 4.11. The molecule has 0 radical (unpaired) electrons. The summed E-state index contributed by atoms with van der Waals surface area (Å²) in [7, 11) is 0. The van der Waals surface area contributed by atoms with Crippen LogP contribution in [0.15, 0.2) is 35.2 Å². The lowest BCUT2D eigenvalue weighted by atomic mass is 10.1. The van der Waals surface area contributed by atoms with E-state index in [0.29, 0.717) is 6.04 Å². The Labute approximate surface area is 201 Å². The van der Waals surface area contributed by atoms with Crippen LogP contribution in [-0.2, 0) is 6.54 Å². The van der Waals surface area contributed by atoms with Gasteiger partial charge in [0.25, 0.3) is 0 Å². The number of benzene rings is 1. The number of nitrogens with two attached hydrogens (primary N) is 1. The number of hydrogen-bond acceptors (Lipinski definition) is 6. The maximum atomic E-state index is 5.67. The summed E-state index contributed by atoms with van der Waals surface area (Å²) in [5.41, 5.74) is 10.8. The van der Waals surface area contributed by atoms with Gasteiger partial charge in [0.2, 0.25) is 5.95 Å². The molecule has 0 spiro atoms. The quantitative estimate of drug-likeness (QED) is 0.447. The van der Waals surface area contributed by atoms with Crippen molar-refractivity contribution >= 4 is 79.3 Å². The maximum Gasteiger partial charge on any atom is 0.204 e. The summed E-state index contributed by atoms with van der Waals surface area (Å²) in [5.74, 6) is 0.950. The second-order valence-corrected chi connectivity index (χ2v) is 7.26. The number of likely N-dealkylation sites (tertiary alicyclic amines) is 1. The minimum atomic E-state index is 0. The van der Waals surface area contributed by atoms with Gasteiger partial charge in [-0.1, -0.05) is 12.1 Å². The molecule has 156 valence electrons. The van der Waals surface area contributed by atoms with E-state index >= 15 is 0 Å². The number of aromatic nitrogens is 3. The normalized spacial score (nSPS) is 14.8. The van der Waals surface area contributed by atoms with Gasteiger partial charge < -0.3 is 20.5 Å². The molecule has 0 amide bonds. The van der Waals surface area contributed by atoms with Gasteiger partial charge >= 0.3 is 0 Å². The molecule has 1 aliphatic rings. The van der Waals surface area contributed by atoms with Crippen LogP contribution >= 0.6 is 62.3 Å². The molecule has 3 aromatic rings. The average Bonchev–Trinajstić information content (AvgIpc) is 3.26. The lowest BCUT2D eigenvalue weighted by Gasteiger charge is -2.32. The first kappa shape index (κ1) is 25.5. The lowest BCUT2D eigenvalue weighted by molar-refractivity contribution is 0.224. The fourth-order valence-corrected chi connectivity index (χ4v) is 4.04. The molecule has 3 heterocycles. The number of piperidine rings is 1. The van der Waals surface area contributed by atoms with Gasteiger partial charge in [-0.15, -0.1) is 62.3 Å². The number of para-hydroxylation sites is 2. The van der Waals surface area contributed by atoms with E-state index in [0.717, 1.165) is 68.2 Å². The third kappa shape index (κ3) is 5.99. The molecule has 0 atom stereocenters. The van der Waals surface area contributed by atoms with Gasteiger partial charge in [-0.05, 0) is 25.0 Å². The number of fused-ring (bicyclic) bond motifs is 1. The Morgan fingerprint density at radius 3 is 2.57 bits per heavy atom. The number of thiazole rings is 1. The van der Waals surface area contributed by atoms with Crippen LogP contribution < -0.4 is 11.1 Å². The number of imidazole rings is 1. The molecule has 1 fully saturated rings. The molecule has 1 aromatic carbocycles. The van der Waals surface area contributed by atoms with Gasteiger partial charge in [-0.3, -0.25) is 0 Å². The summed E-state index contributed by atoms with van der Waals surface area (Å²) in [6.07, 6.45) is 2.25. The molecule has 0 saturated carbocycles. The number of rotatable bonds is 6. The molecule has 0 aliphatic carbocycles. The number of nitrogens with zero attached hydrogens (tertiary/aromatic N) is 4. The van der Waals surface area contributed by atoms with Crippen molar-refractivity contribution in [1.29, 1.82) is 0 Å². The van der Waals surface area contributed by atoms with Crippen LogP contribution in [0.25, 0.3) is 11.0 Å². The van der Waals surface area contributed by atoms with Crippen molar-refractivity contribution in [3.05, 3.63) is 40.8 Å². The SMILES string of the molecule is Br.Br.Br.NCCN1CCC(Nc2nc3ccccc3n2Cc2cscn2)CC1. The topological polar surface area (TPSA) is 72.0 Å². The molecule has 0 unspecified atom stereocenters. The first-order chi connectivity index (χ1) is 12.3. The Kier molecular flexibility index (Phi) is 11.2.